The van der Waals surface area contributed by atoms with Gasteiger partial charge in [-0.1, -0.05) is 177 Å². The number of hydrogen-bond donors (Lipinski definition) is 2. The van der Waals surface area contributed by atoms with Crippen LogP contribution in [0.1, 0.15) is 97.5 Å². The Labute approximate surface area is 397 Å². The van der Waals surface area contributed by atoms with Gasteiger partial charge in [-0.2, -0.15) is 0 Å². The van der Waals surface area contributed by atoms with Gasteiger partial charge in [0.1, 0.15) is 11.5 Å². The van der Waals surface area contributed by atoms with E-state index in [0.717, 1.165) is 51.8 Å². The van der Waals surface area contributed by atoms with E-state index in [1.807, 2.05) is 80.7 Å². The third-order valence-electron chi connectivity index (χ3n) is 11.8. The summed E-state index contributed by atoms with van der Waals surface area (Å²) in [6.07, 6.45) is 19.4. The van der Waals surface area contributed by atoms with Gasteiger partial charge in [-0.05, 0) is 114 Å². The first-order valence-electron chi connectivity index (χ1n) is 23.7. The molecule has 0 radical (unpaired) electrons. The predicted molar refractivity (Wildman–Crippen MR) is 278 cm³/mol. The van der Waals surface area contributed by atoms with Crippen molar-refractivity contribution < 1.29 is 19.5 Å². The van der Waals surface area contributed by atoms with E-state index in [0.29, 0.717) is 23.2 Å². The molecular weight excluding hydrogens is 842 g/mol. The Bertz CT molecular complexity index is 2200. The van der Waals surface area contributed by atoms with Gasteiger partial charge in [0, 0.05) is 28.5 Å². The third kappa shape index (κ3) is 16.7. The molecule has 344 valence electrons. The predicted octanol–water partition coefficient (Wildman–Crippen LogP) is 14.6. The lowest BCUT2D eigenvalue weighted by molar-refractivity contribution is 0.394. The number of hydrogen-bond acceptors (Lipinski definition) is 6. The lowest BCUT2D eigenvalue weighted by atomic mass is 9.80. The highest BCUT2D eigenvalue weighted by Gasteiger charge is 2.34. The molecule has 6 nitrogen and oxygen atoms in total. The summed E-state index contributed by atoms with van der Waals surface area (Å²) in [5.74, 6) is 2.89. The zero-order valence-electron chi connectivity index (χ0n) is 39.6. The van der Waals surface area contributed by atoms with Gasteiger partial charge < -0.3 is 19.5 Å². The van der Waals surface area contributed by atoms with Gasteiger partial charge in [-0.15, -0.1) is 0 Å². The van der Waals surface area contributed by atoms with E-state index >= 15 is 0 Å². The maximum absolute atomic E-state index is 8.28. The minimum Gasteiger partial charge on any atom is -0.496 e. The molecule has 0 aliphatic heterocycles. The van der Waals surface area contributed by atoms with E-state index in [1.165, 1.54) is 80.9 Å². The van der Waals surface area contributed by atoms with Crippen molar-refractivity contribution in [3.63, 3.8) is 0 Å². The monoisotopic (exact) mass is 912 g/mol. The Balaban J connectivity index is 0.000000185. The van der Waals surface area contributed by atoms with Crippen LogP contribution < -0.4 is 14.8 Å². The van der Waals surface area contributed by atoms with Crippen LogP contribution in [0.3, 0.4) is 0 Å². The summed E-state index contributed by atoms with van der Waals surface area (Å²) in [6, 6.07) is 43.5. The lowest BCUT2D eigenvalue weighted by Crippen LogP contribution is -2.27. The Hall–Kier alpha value is -4.52. The summed E-state index contributed by atoms with van der Waals surface area (Å²) < 4.78 is 11.6. The molecule has 6 aromatic rings. The quantitative estimate of drug-likeness (QED) is 0.0940. The Morgan fingerprint density at radius 1 is 0.600 bits per heavy atom. The minimum atomic E-state index is -1.13. The molecule has 0 saturated heterocycles. The maximum Gasteiger partial charge on any atom is 0.451 e. The molecule has 2 aliphatic rings. The smallest absolute Gasteiger partial charge is 0.451 e. The Morgan fingerprint density at radius 3 is 1.55 bits per heavy atom. The molecule has 2 aliphatic carbocycles. The van der Waals surface area contributed by atoms with E-state index < -0.39 is 7.12 Å². The van der Waals surface area contributed by atoms with Crippen molar-refractivity contribution in [1.29, 1.82) is 0 Å². The molecule has 2 aromatic heterocycles. The summed E-state index contributed by atoms with van der Waals surface area (Å²) in [5, 5.41) is 18.9. The van der Waals surface area contributed by atoms with Crippen LogP contribution in [0.2, 0.25) is 11.3 Å². The third-order valence-corrected chi connectivity index (χ3v) is 15.6. The molecule has 4 aromatic carbocycles. The first kappa shape index (κ1) is 51.5. The zero-order chi connectivity index (χ0) is 46.4. The molecule has 2 fully saturated rings. The van der Waals surface area contributed by atoms with E-state index in [2.05, 4.69) is 84.5 Å². The molecule has 0 bridgehead atoms. The average Bonchev–Trinajstić information content (AvgIpc) is 3.33. The van der Waals surface area contributed by atoms with Crippen LogP contribution in [0.4, 0.5) is 0 Å². The summed E-state index contributed by atoms with van der Waals surface area (Å²) in [4.78, 5) is 8.64. The molecule has 0 atom stereocenters. The summed E-state index contributed by atoms with van der Waals surface area (Å²) in [7, 11) is 2.23. The van der Waals surface area contributed by atoms with Crippen LogP contribution in [0, 0.1) is 11.8 Å². The van der Waals surface area contributed by atoms with Crippen molar-refractivity contribution in [2.75, 3.05) is 14.2 Å². The van der Waals surface area contributed by atoms with Gasteiger partial charge in [-0.25, -0.2) is 0 Å². The first-order chi connectivity index (χ1) is 31.6. The van der Waals surface area contributed by atoms with Gasteiger partial charge in [0.15, 0.2) is 0 Å². The van der Waals surface area contributed by atoms with Crippen LogP contribution in [0.25, 0.3) is 33.6 Å². The van der Waals surface area contributed by atoms with E-state index in [-0.39, 0.29) is 7.92 Å². The summed E-state index contributed by atoms with van der Waals surface area (Å²) >= 11 is 5.85. The molecule has 0 spiro atoms. The van der Waals surface area contributed by atoms with Crippen LogP contribution in [-0.4, -0.2) is 52.7 Å². The van der Waals surface area contributed by atoms with Gasteiger partial charge in [0.05, 0.1) is 31.2 Å². The molecule has 0 amide bonds. The number of nitrogens with zero attached hydrogens (tertiary/aromatic N) is 2. The van der Waals surface area contributed by atoms with Gasteiger partial charge in [0.2, 0.25) is 0 Å². The largest absolute Gasteiger partial charge is 0.496 e. The van der Waals surface area contributed by atoms with Crippen LogP contribution in [0.5, 0.6) is 11.5 Å². The minimum absolute atomic E-state index is 0.182. The number of halogens is 1. The number of aromatic nitrogens is 2. The van der Waals surface area contributed by atoms with Crippen molar-refractivity contribution >= 4 is 31.9 Å². The normalized spacial score (nSPS) is 14.0. The highest BCUT2D eigenvalue weighted by atomic mass is 35.5. The molecule has 2 heterocycles. The molecule has 9 heteroatoms. The second-order valence-corrected chi connectivity index (χ2v) is 21.1. The molecular formula is C56H71BClN2O4P. The highest BCUT2D eigenvalue weighted by molar-refractivity contribution is 7.67. The van der Waals surface area contributed by atoms with Gasteiger partial charge >= 0.3 is 7.12 Å². The Kier molecular flexibility index (Phi) is 22.0. The SMILES string of the molecule is CC(C)CB(O)O.CC(C)Cc1ccnc(-c2ccccc2)c1.COc1cccc(OC)c1-c1ccccc1P(C1CCCCC1)C1CCCCC1.Clc1ccnc(-c2ccccc2)c1. The fourth-order valence-corrected chi connectivity index (χ4v) is 13.0. The second-order valence-electron chi connectivity index (χ2n) is 17.9. The number of rotatable bonds is 12. The number of ether oxygens (including phenoxy) is 2. The van der Waals surface area contributed by atoms with E-state index in [1.54, 1.807) is 31.8 Å². The molecule has 2 saturated carbocycles. The first-order valence-corrected chi connectivity index (χ1v) is 25.6. The highest BCUT2D eigenvalue weighted by Crippen LogP contribution is 2.57. The topological polar surface area (TPSA) is 84.7 Å². The summed E-state index contributed by atoms with van der Waals surface area (Å²) in [5.41, 5.74) is 9.84. The van der Waals surface area contributed by atoms with E-state index in [9.17, 15) is 0 Å². The standard InChI is InChI=1S/C26H35O2P.C15H17N.C11H8ClN.C4H11BO2/c1-27-23-17-11-18-24(28-2)26(23)22-16-9-10-19-25(22)29(20-12-5-3-6-13-20)21-14-7-4-8-15-21;1-12(2)10-13-8-9-16-15(11-13)14-6-4-3-5-7-14;12-10-6-7-13-11(8-10)9-4-2-1-3-5-9;1-4(2)3-5(6)7/h9-11,16-21H,3-8,12-15H2,1-2H3;3-9,11-12H,10H2,1-2H3;1-8H;4,6-7H,3H2,1-2H3. The van der Waals surface area contributed by atoms with Crippen molar-refractivity contribution in [3.05, 3.63) is 150 Å². The Morgan fingerprint density at radius 2 is 1.09 bits per heavy atom. The van der Waals surface area contributed by atoms with Crippen molar-refractivity contribution in [3.8, 4) is 45.1 Å². The van der Waals surface area contributed by atoms with Crippen LogP contribution in [0.15, 0.2) is 140 Å². The lowest BCUT2D eigenvalue weighted by Gasteiger charge is -2.39. The molecule has 8 rings (SSSR count). The van der Waals surface area contributed by atoms with E-state index in [4.69, 9.17) is 31.1 Å². The van der Waals surface area contributed by atoms with Crippen molar-refractivity contribution in [2.45, 2.75) is 116 Å². The fraction of sp³-hybridized carbons (Fsp3) is 0.393. The second kappa shape index (κ2) is 27.8. The van der Waals surface area contributed by atoms with Crippen LogP contribution >= 0.6 is 19.5 Å². The van der Waals surface area contributed by atoms with Crippen LogP contribution in [-0.2, 0) is 6.42 Å². The van der Waals surface area contributed by atoms with Gasteiger partial charge in [-0.3, -0.25) is 9.97 Å². The summed E-state index contributed by atoms with van der Waals surface area (Å²) in [6.45, 7) is 8.37. The average molecular weight is 913 g/mol. The van der Waals surface area contributed by atoms with Crippen molar-refractivity contribution in [1.82, 2.24) is 9.97 Å². The maximum atomic E-state index is 8.28. The molecule has 65 heavy (non-hydrogen) atoms. The van der Waals surface area contributed by atoms with Crippen molar-refractivity contribution in [2.24, 2.45) is 11.8 Å². The number of benzene rings is 4. The molecule has 2 N–H and O–H groups in total. The molecule has 0 unspecified atom stereocenters. The van der Waals surface area contributed by atoms with Gasteiger partial charge in [0.25, 0.3) is 0 Å². The zero-order valence-corrected chi connectivity index (χ0v) is 41.2. The number of methoxy groups -OCH3 is 2. The number of pyridine rings is 2. The fourth-order valence-electron chi connectivity index (χ4n) is 8.87.